The summed E-state index contributed by atoms with van der Waals surface area (Å²) in [6.07, 6.45) is 0. The van der Waals surface area contributed by atoms with Crippen molar-refractivity contribution >= 4 is 8.56 Å². The van der Waals surface area contributed by atoms with Crippen LogP contribution in [0, 0.1) is 23.7 Å². The van der Waals surface area contributed by atoms with Gasteiger partial charge in [0.15, 0.2) is 0 Å². The van der Waals surface area contributed by atoms with Crippen molar-refractivity contribution in [3.63, 3.8) is 0 Å². The quantitative estimate of drug-likeness (QED) is 0.564. The van der Waals surface area contributed by atoms with E-state index in [0.29, 0.717) is 0 Å². The maximum absolute atomic E-state index is 6.02. The summed E-state index contributed by atoms with van der Waals surface area (Å²) in [5.74, 6) is 11.8. The molecule has 0 rings (SSSR count). The Balaban J connectivity index is 4.78. The fraction of sp³-hybridized carbons (Fsp3) is 0.714. The van der Waals surface area contributed by atoms with E-state index in [4.69, 9.17) is 8.85 Å². The topological polar surface area (TPSA) is 18.5 Å². The Hall–Kier alpha value is -0.743. The molecule has 96 valence electrons. The fourth-order valence-corrected chi connectivity index (χ4v) is 4.50. The molecule has 0 N–H and O–H groups in total. The highest BCUT2D eigenvalue weighted by atomic mass is 28.4. The standard InChI is InChI=1S/C14H24O2Si/c1-9-11-13(3,4)15-17(7,8)16-14(5,6)12-10-2/h1-8H3. The highest BCUT2D eigenvalue weighted by molar-refractivity contribution is 6.64. The number of rotatable bonds is 4. The van der Waals surface area contributed by atoms with Crippen molar-refractivity contribution in [1.29, 1.82) is 0 Å². The number of hydrogen-bond donors (Lipinski definition) is 0. The van der Waals surface area contributed by atoms with E-state index in [2.05, 4.69) is 23.7 Å². The summed E-state index contributed by atoms with van der Waals surface area (Å²) in [7, 11) is -2.25. The molecule has 0 aliphatic rings. The summed E-state index contributed by atoms with van der Waals surface area (Å²) in [5, 5.41) is 0. The maximum atomic E-state index is 6.02. The monoisotopic (exact) mass is 252 g/mol. The lowest BCUT2D eigenvalue weighted by Gasteiger charge is -2.35. The van der Waals surface area contributed by atoms with E-state index in [1.807, 2.05) is 54.6 Å². The van der Waals surface area contributed by atoms with Crippen molar-refractivity contribution < 1.29 is 8.85 Å². The van der Waals surface area contributed by atoms with E-state index in [-0.39, 0.29) is 0 Å². The maximum Gasteiger partial charge on any atom is 0.333 e. The molecule has 0 aromatic heterocycles. The van der Waals surface area contributed by atoms with Gasteiger partial charge in [-0.3, -0.25) is 0 Å². The van der Waals surface area contributed by atoms with Gasteiger partial charge < -0.3 is 8.85 Å². The van der Waals surface area contributed by atoms with Gasteiger partial charge >= 0.3 is 8.56 Å². The van der Waals surface area contributed by atoms with Crippen LogP contribution in [0.1, 0.15) is 41.5 Å². The van der Waals surface area contributed by atoms with Crippen molar-refractivity contribution in [3.8, 4) is 23.7 Å². The summed E-state index contributed by atoms with van der Waals surface area (Å²) in [4.78, 5) is 0. The Morgan fingerprint density at radius 1 is 0.765 bits per heavy atom. The van der Waals surface area contributed by atoms with Crippen molar-refractivity contribution in [1.82, 2.24) is 0 Å². The Bertz CT molecular complexity index is 336. The summed E-state index contributed by atoms with van der Waals surface area (Å²) < 4.78 is 12.0. The molecule has 0 spiro atoms. The minimum absolute atomic E-state index is 0.472. The molecular weight excluding hydrogens is 228 g/mol. The third-order valence-electron chi connectivity index (χ3n) is 1.85. The molecule has 0 unspecified atom stereocenters. The molecule has 0 saturated carbocycles. The van der Waals surface area contributed by atoms with Gasteiger partial charge in [-0.2, -0.15) is 0 Å². The molecule has 0 saturated heterocycles. The Morgan fingerprint density at radius 3 is 1.29 bits per heavy atom. The Kier molecular flexibility index (Phi) is 5.48. The van der Waals surface area contributed by atoms with Crippen LogP contribution in [0.15, 0.2) is 0 Å². The van der Waals surface area contributed by atoms with Crippen molar-refractivity contribution in [2.45, 2.75) is 65.8 Å². The van der Waals surface area contributed by atoms with Crippen LogP contribution < -0.4 is 0 Å². The predicted molar refractivity (Wildman–Crippen MR) is 74.7 cm³/mol. The average molecular weight is 252 g/mol. The third-order valence-corrected chi connectivity index (χ3v) is 3.86. The molecule has 0 aliphatic heterocycles. The normalized spacial score (nSPS) is 12.2. The van der Waals surface area contributed by atoms with Crippen LogP contribution in [0.3, 0.4) is 0 Å². The SMILES string of the molecule is CC#CC(C)(C)O[Si](C)(C)OC(C)(C)C#CC. The van der Waals surface area contributed by atoms with Gasteiger partial charge in [0.2, 0.25) is 0 Å². The van der Waals surface area contributed by atoms with Crippen LogP contribution in [0.2, 0.25) is 13.1 Å². The van der Waals surface area contributed by atoms with Gasteiger partial charge in [-0.25, -0.2) is 0 Å². The van der Waals surface area contributed by atoms with Gasteiger partial charge in [-0.05, 0) is 54.6 Å². The highest BCUT2D eigenvalue weighted by Crippen LogP contribution is 2.23. The van der Waals surface area contributed by atoms with Crippen LogP contribution >= 0.6 is 0 Å². The summed E-state index contributed by atoms with van der Waals surface area (Å²) >= 11 is 0. The first kappa shape index (κ1) is 16.3. The third kappa shape index (κ3) is 7.23. The molecule has 0 aromatic carbocycles. The van der Waals surface area contributed by atoms with Gasteiger partial charge in [0.1, 0.15) is 11.2 Å². The lowest BCUT2D eigenvalue weighted by atomic mass is 10.1. The first-order valence-electron chi connectivity index (χ1n) is 5.82. The van der Waals surface area contributed by atoms with Gasteiger partial charge in [0.25, 0.3) is 0 Å². The van der Waals surface area contributed by atoms with Crippen LogP contribution in [0.4, 0.5) is 0 Å². The molecule has 0 radical (unpaired) electrons. The minimum Gasteiger partial charge on any atom is -0.378 e. The van der Waals surface area contributed by atoms with Crippen molar-refractivity contribution in [2.75, 3.05) is 0 Å². The molecule has 0 bridgehead atoms. The van der Waals surface area contributed by atoms with Crippen LogP contribution in [-0.2, 0) is 8.85 Å². The van der Waals surface area contributed by atoms with E-state index in [9.17, 15) is 0 Å². The molecule has 0 aliphatic carbocycles. The van der Waals surface area contributed by atoms with Crippen LogP contribution in [0.25, 0.3) is 0 Å². The van der Waals surface area contributed by atoms with E-state index >= 15 is 0 Å². The van der Waals surface area contributed by atoms with Crippen molar-refractivity contribution in [2.24, 2.45) is 0 Å². The smallest absolute Gasteiger partial charge is 0.333 e. The average Bonchev–Trinajstić information content (AvgIpc) is 1.96. The minimum atomic E-state index is -2.25. The second-order valence-corrected chi connectivity index (χ2v) is 8.58. The Morgan fingerprint density at radius 2 is 1.06 bits per heavy atom. The molecule has 2 nitrogen and oxygen atoms in total. The molecule has 17 heavy (non-hydrogen) atoms. The summed E-state index contributed by atoms with van der Waals surface area (Å²) in [6.45, 7) is 15.5. The lowest BCUT2D eigenvalue weighted by Crippen LogP contribution is -2.47. The molecule has 0 heterocycles. The predicted octanol–water partition coefficient (Wildman–Crippen LogP) is 3.33. The first-order chi connectivity index (χ1) is 7.54. The van der Waals surface area contributed by atoms with Gasteiger partial charge in [-0.15, -0.1) is 11.8 Å². The molecule has 3 heteroatoms. The van der Waals surface area contributed by atoms with E-state index in [1.54, 1.807) is 0 Å². The zero-order valence-corrected chi connectivity index (χ0v) is 13.3. The summed E-state index contributed by atoms with van der Waals surface area (Å²) in [6, 6.07) is 0. The second-order valence-electron chi connectivity index (χ2n) is 5.37. The van der Waals surface area contributed by atoms with Gasteiger partial charge in [0, 0.05) is 0 Å². The van der Waals surface area contributed by atoms with Gasteiger partial charge in [0.05, 0.1) is 0 Å². The highest BCUT2D eigenvalue weighted by Gasteiger charge is 2.36. The number of hydrogen-bond acceptors (Lipinski definition) is 2. The zero-order valence-electron chi connectivity index (χ0n) is 12.3. The molecule has 0 atom stereocenters. The zero-order chi connectivity index (χ0) is 13.7. The lowest BCUT2D eigenvalue weighted by molar-refractivity contribution is 0.0551. The second kappa shape index (κ2) is 5.73. The first-order valence-corrected chi connectivity index (χ1v) is 8.63. The molecular formula is C14H24O2Si. The van der Waals surface area contributed by atoms with E-state index < -0.39 is 19.8 Å². The summed E-state index contributed by atoms with van der Waals surface area (Å²) in [5.41, 5.74) is -0.944. The largest absolute Gasteiger partial charge is 0.378 e. The van der Waals surface area contributed by atoms with Gasteiger partial charge in [-0.1, -0.05) is 11.8 Å². The Labute approximate surface area is 107 Å². The molecule has 0 amide bonds. The fourth-order valence-electron chi connectivity index (χ4n) is 1.90. The molecule has 0 aromatic rings. The van der Waals surface area contributed by atoms with E-state index in [0.717, 1.165) is 0 Å². The van der Waals surface area contributed by atoms with Crippen LogP contribution in [0.5, 0.6) is 0 Å². The van der Waals surface area contributed by atoms with E-state index in [1.165, 1.54) is 0 Å². The van der Waals surface area contributed by atoms with Crippen molar-refractivity contribution in [3.05, 3.63) is 0 Å². The van der Waals surface area contributed by atoms with Crippen LogP contribution in [-0.4, -0.2) is 19.8 Å². The molecule has 0 fully saturated rings.